The molecule has 0 spiro atoms. The number of aryl methyl sites for hydroxylation is 1. The van der Waals surface area contributed by atoms with Gasteiger partial charge in [0.15, 0.2) is 6.29 Å². The van der Waals surface area contributed by atoms with E-state index in [1.807, 2.05) is 0 Å². The highest BCUT2D eigenvalue weighted by atomic mass is 19.1. The van der Waals surface area contributed by atoms with E-state index in [4.69, 9.17) is 0 Å². The van der Waals surface area contributed by atoms with Gasteiger partial charge in [-0.05, 0) is 18.6 Å². The van der Waals surface area contributed by atoms with Gasteiger partial charge in [0.05, 0.1) is 11.3 Å². The molecule has 0 aliphatic rings. The van der Waals surface area contributed by atoms with Crippen molar-refractivity contribution in [3.8, 4) is 0 Å². The average Bonchev–Trinajstić information content (AvgIpc) is 2.11. The van der Waals surface area contributed by atoms with Crippen molar-refractivity contribution in [3.63, 3.8) is 0 Å². The molecule has 1 N–H and O–H groups in total. The molecule has 0 atom stereocenters. The number of benzene rings is 1. The van der Waals surface area contributed by atoms with Crippen molar-refractivity contribution in [2.75, 3.05) is 5.32 Å². The molecule has 0 bridgehead atoms. The molecule has 0 aliphatic heterocycles. The smallest absolute Gasteiger partial charge is 0.221 e. The second kappa shape index (κ2) is 4.00. The number of hydrogen-bond acceptors (Lipinski definition) is 2. The fraction of sp³-hybridized carbons (Fsp3) is 0.200. The Balaban J connectivity index is 3.29. The topological polar surface area (TPSA) is 46.2 Å². The minimum atomic E-state index is -0.630. The Bertz CT molecular complexity index is 388. The van der Waals surface area contributed by atoms with E-state index in [1.54, 1.807) is 6.92 Å². The van der Waals surface area contributed by atoms with Gasteiger partial charge in [-0.25, -0.2) is 4.39 Å². The van der Waals surface area contributed by atoms with Gasteiger partial charge in [0.2, 0.25) is 5.91 Å². The fourth-order valence-corrected chi connectivity index (χ4v) is 1.16. The highest BCUT2D eigenvalue weighted by Gasteiger charge is 2.11. The van der Waals surface area contributed by atoms with Crippen LogP contribution in [0.5, 0.6) is 0 Å². The van der Waals surface area contributed by atoms with Gasteiger partial charge in [0.25, 0.3) is 0 Å². The number of nitrogens with one attached hydrogen (secondary N) is 1. The summed E-state index contributed by atoms with van der Waals surface area (Å²) in [5, 5.41) is 2.42. The monoisotopic (exact) mass is 195 g/mol. The van der Waals surface area contributed by atoms with Crippen molar-refractivity contribution >= 4 is 17.9 Å². The standard InChI is InChI=1S/C10H10FNO2/c1-6-3-4-9(11)8(5-13)10(6)12-7(2)14/h3-5H,1-2H3,(H,12,14). The number of anilines is 1. The molecule has 0 saturated carbocycles. The van der Waals surface area contributed by atoms with Crippen molar-refractivity contribution in [3.05, 3.63) is 29.1 Å². The molecule has 3 nitrogen and oxygen atoms in total. The molecule has 0 aliphatic carbocycles. The number of amides is 1. The summed E-state index contributed by atoms with van der Waals surface area (Å²) in [6.45, 7) is 3.00. The Morgan fingerprint density at radius 1 is 1.50 bits per heavy atom. The van der Waals surface area contributed by atoms with Crippen LogP contribution in [0.25, 0.3) is 0 Å². The third-order valence-corrected chi connectivity index (χ3v) is 1.82. The molecule has 1 aromatic rings. The van der Waals surface area contributed by atoms with Gasteiger partial charge in [-0.15, -0.1) is 0 Å². The lowest BCUT2D eigenvalue weighted by Crippen LogP contribution is -2.10. The van der Waals surface area contributed by atoms with Crippen LogP contribution in [0, 0.1) is 12.7 Å². The van der Waals surface area contributed by atoms with Crippen LogP contribution in [0.1, 0.15) is 22.8 Å². The van der Waals surface area contributed by atoms with Crippen LogP contribution in [-0.2, 0) is 4.79 Å². The van der Waals surface area contributed by atoms with Crippen molar-refractivity contribution < 1.29 is 14.0 Å². The number of aldehydes is 1. The zero-order valence-corrected chi connectivity index (χ0v) is 7.93. The van der Waals surface area contributed by atoms with Crippen LogP contribution in [0.4, 0.5) is 10.1 Å². The van der Waals surface area contributed by atoms with Crippen molar-refractivity contribution in [2.24, 2.45) is 0 Å². The largest absolute Gasteiger partial charge is 0.325 e. The second-order valence-electron chi connectivity index (χ2n) is 2.95. The number of rotatable bonds is 2. The van der Waals surface area contributed by atoms with Crippen LogP contribution in [0.15, 0.2) is 12.1 Å². The third-order valence-electron chi connectivity index (χ3n) is 1.82. The molecular weight excluding hydrogens is 185 g/mol. The van der Waals surface area contributed by atoms with E-state index in [9.17, 15) is 14.0 Å². The van der Waals surface area contributed by atoms with Gasteiger partial charge in [0.1, 0.15) is 5.82 Å². The Morgan fingerprint density at radius 3 is 2.64 bits per heavy atom. The van der Waals surface area contributed by atoms with E-state index >= 15 is 0 Å². The van der Waals surface area contributed by atoms with Crippen molar-refractivity contribution in [1.82, 2.24) is 0 Å². The quantitative estimate of drug-likeness (QED) is 0.732. The number of halogens is 1. The van der Waals surface area contributed by atoms with Crippen LogP contribution >= 0.6 is 0 Å². The molecule has 0 radical (unpaired) electrons. The molecule has 0 heterocycles. The minimum Gasteiger partial charge on any atom is -0.325 e. The van der Waals surface area contributed by atoms with E-state index in [0.717, 1.165) is 0 Å². The molecular formula is C10H10FNO2. The molecule has 0 unspecified atom stereocenters. The normalized spacial score (nSPS) is 9.64. The fourth-order valence-electron chi connectivity index (χ4n) is 1.16. The van der Waals surface area contributed by atoms with E-state index in [0.29, 0.717) is 11.8 Å². The summed E-state index contributed by atoms with van der Waals surface area (Å²) in [6, 6.07) is 2.71. The first-order valence-electron chi connectivity index (χ1n) is 4.08. The van der Waals surface area contributed by atoms with E-state index in [-0.39, 0.29) is 17.2 Å². The molecule has 0 fully saturated rings. The lowest BCUT2D eigenvalue weighted by Gasteiger charge is -2.09. The molecule has 1 rings (SSSR count). The number of carbonyl (C=O) groups is 2. The van der Waals surface area contributed by atoms with Crippen LogP contribution in [0.2, 0.25) is 0 Å². The van der Waals surface area contributed by atoms with Gasteiger partial charge in [0, 0.05) is 6.92 Å². The zero-order valence-electron chi connectivity index (χ0n) is 7.93. The van der Waals surface area contributed by atoms with Gasteiger partial charge >= 0.3 is 0 Å². The van der Waals surface area contributed by atoms with Gasteiger partial charge in [-0.1, -0.05) is 6.07 Å². The maximum absolute atomic E-state index is 13.1. The molecule has 1 amide bonds. The number of hydrogen-bond donors (Lipinski definition) is 1. The highest BCUT2D eigenvalue weighted by molar-refractivity contribution is 5.96. The van der Waals surface area contributed by atoms with Gasteiger partial charge in [-0.2, -0.15) is 0 Å². The Labute approximate surface area is 80.9 Å². The van der Waals surface area contributed by atoms with Gasteiger partial charge in [-0.3, -0.25) is 9.59 Å². The molecule has 14 heavy (non-hydrogen) atoms. The molecule has 4 heteroatoms. The Morgan fingerprint density at radius 2 is 2.14 bits per heavy atom. The summed E-state index contributed by atoms with van der Waals surface area (Å²) in [5.41, 5.74) is 0.788. The summed E-state index contributed by atoms with van der Waals surface area (Å²) in [5.74, 6) is -0.962. The minimum absolute atomic E-state index is 0.111. The first kappa shape index (κ1) is 10.4. The SMILES string of the molecule is CC(=O)Nc1c(C)ccc(F)c1C=O. The third kappa shape index (κ3) is 1.96. The molecule has 1 aromatic carbocycles. The lowest BCUT2D eigenvalue weighted by molar-refractivity contribution is -0.114. The predicted molar refractivity (Wildman–Crippen MR) is 50.8 cm³/mol. The highest BCUT2D eigenvalue weighted by Crippen LogP contribution is 2.21. The molecule has 74 valence electrons. The Hall–Kier alpha value is -1.71. The summed E-state index contributed by atoms with van der Waals surface area (Å²) in [4.78, 5) is 21.4. The summed E-state index contributed by atoms with van der Waals surface area (Å²) < 4.78 is 13.1. The first-order valence-corrected chi connectivity index (χ1v) is 4.08. The predicted octanol–water partition coefficient (Wildman–Crippen LogP) is 1.91. The summed E-state index contributed by atoms with van der Waals surface area (Å²) >= 11 is 0. The summed E-state index contributed by atoms with van der Waals surface area (Å²) in [6.07, 6.45) is 0.396. The van der Waals surface area contributed by atoms with E-state index in [1.165, 1.54) is 19.1 Å². The number of carbonyl (C=O) groups excluding carboxylic acids is 2. The van der Waals surface area contributed by atoms with E-state index in [2.05, 4.69) is 5.32 Å². The summed E-state index contributed by atoms with van der Waals surface area (Å²) in [7, 11) is 0. The van der Waals surface area contributed by atoms with Crippen molar-refractivity contribution in [1.29, 1.82) is 0 Å². The van der Waals surface area contributed by atoms with Crippen LogP contribution < -0.4 is 5.32 Å². The maximum atomic E-state index is 13.1. The maximum Gasteiger partial charge on any atom is 0.221 e. The average molecular weight is 195 g/mol. The molecule has 0 aromatic heterocycles. The zero-order chi connectivity index (χ0) is 10.7. The van der Waals surface area contributed by atoms with Gasteiger partial charge < -0.3 is 5.32 Å². The van der Waals surface area contributed by atoms with Crippen LogP contribution in [-0.4, -0.2) is 12.2 Å². The molecule has 0 saturated heterocycles. The van der Waals surface area contributed by atoms with Crippen LogP contribution in [0.3, 0.4) is 0 Å². The second-order valence-corrected chi connectivity index (χ2v) is 2.95. The Kier molecular flexibility index (Phi) is 2.96. The first-order chi connectivity index (χ1) is 6.56. The lowest BCUT2D eigenvalue weighted by atomic mass is 10.1. The van der Waals surface area contributed by atoms with E-state index < -0.39 is 5.82 Å². The van der Waals surface area contributed by atoms with Crippen molar-refractivity contribution in [2.45, 2.75) is 13.8 Å².